The maximum atomic E-state index is 12.5. The first-order valence-electron chi connectivity index (χ1n) is 3.74. The molecule has 6 nitrogen and oxygen atoms in total. The van der Waals surface area contributed by atoms with Gasteiger partial charge in [-0.25, -0.2) is 19.9 Å². The molecule has 0 aliphatic rings. The van der Waals surface area contributed by atoms with Crippen LogP contribution in [0.3, 0.4) is 0 Å². The Balaban J connectivity index is 2.62. The third-order valence-corrected chi connectivity index (χ3v) is 1.73. The van der Waals surface area contributed by atoms with Crippen molar-refractivity contribution in [1.29, 1.82) is 0 Å². The predicted molar refractivity (Wildman–Crippen MR) is 49.0 cm³/mol. The van der Waals surface area contributed by atoms with Gasteiger partial charge >= 0.3 is 7.75 Å². The van der Waals surface area contributed by atoms with Gasteiger partial charge in [0.1, 0.15) is 5.82 Å². The SMILES string of the molecule is NP(=O)(O)ONC(=O)c1ccc(F)cc1. The molecule has 0 saturated carbocycles. The fourth-order valence-electron chi connectivity index (χ4n) is 0.767. The summed E-state index contributed by atoms with van der Waals surface area (Å²) >= 11 is 0. The Hall–Kier alpha value is -1.27. The van der Waals surface area contributed by atoms with E-state index in [1.807, 2.05) is 0 Å². The molecule has 1 aromatic carbocycles. The van der Waals surface area contributed by atoms with Crippen LogP contribution in [0.2, 0.25) is 0 Å². The van der Waals surface area contributed by atoms with Gasteiger partial charge in [0.05, 0.1) is 0 Å². The molecule has 0 aliphatic carbocycles. The average Bonchev–Trinajstić information content (AvgIpc) is 2.14. The molecule has 15 heavy (non-hydrogen) atoms. The second-order valence-corrected chi connectivity index (χ2v) is 3.90. The Morgan fingerprint density at radius 2 is 2.00 bits per heavy atom. The summed E-state index contributed by atoms with van der Waals surface area (Å²) in [4.78, 5) is 19.7. The summed E-state index contributed by atoms with van der Waals surface area (Å²) in [6.07, 6.45) is 0. The monoisotopic (exact) mass is 234 g/mol. The molecular formula is C7H8FN2O4P. The van der Waals surface area contributed by atoms with Crippen LogP contribution in [0.25, 0.3) is 0 Å². The van der Waals surface area contributed by atoms with Crippen LogP contribution in [0.1, 0.15) is 10.4 Å². The quantitative estimate of drug-likeness (QED) is 0.523. The van der Waals surface area contributed by atoms with E-state index in [0.29, 0.717) is 0 Å². The lowest BCUT2D eigenvalue weighted by molar-refractivity contribution is 0.0730. The van der Waals surface area contributed by atoms with Gasteiger partial charge in [0, 0.05) is 5.56 Å². The Labute approximate surface area is 84.4 Å². The highest BCUT2D eigenvalue weighted by atomic mass is 31.2. The Morgan fingerprint density at radius 3 is 2.47 bits per heavy atom. The number of carbonyl (C=O) groups excluding carboxylic acids is 1. The number of halogens is 1. The van der Waals surface area contributed by atoms with Crippen LogP contribution >= 0.6 is 7.75 Å². The average molecular weight is 234 g/mol. The van der Waals surface area contributed by atoms with Crippen LogP contribution in [0, 0.1) is 5.82 Å². The van der Waals surface area contributed by atoms with E-state index in [9.17, 15) is 13.8 Å². The zero-order chi connectivity index (χ0) is 11.5. The van der Waals surface area contributed by atoms with Gasteiger partial charge in [-0.3, -0.25) is 4.79 Å². The lowest BCUT2D eigenvalue weighted by Crippen LogP contribution is -2.23. The van der Waals surface area contributed by atoms with Gasteiger partial charge in [0.25, 0.3) is 5.91 Å². The van der Waals surface area contributed by atoms with Crippen LogP contribution in [0.15, 0.2) is 24.3 Å². The number of amides is 1. The minimum atomic E-state index is -4.26. The number of benzene rings is 1. The second kappa shape index (κ2) is 4.50. The molecule has 1 atom stereocenters. The standard InChI is InChI=1S/C7H8FN2O4P/c8-6-3-1-5(2-4-6)7(11)10-14-15(9,12)13/h1-4H,(H,10,11)(H3,9,12,13). The Morgan fingerprint density at radius 1 is 1.47 bits per heavy atom. The topological polar surface area (TPSA) is 102 Å². The maximum Gasteiger partial charge on any atom is 0.421 e. The van der Waals surface area contributed by atoms with Crippen molar-refractivity contribution in [2.45, 2.75) is 0 Å². The Bertz CT molecular complexity index is 402. The van der Waals surface area contributed by atoms with Crippen molar-refractivity contribution in [2.75, 3.05) is 0 Å². The molecule has 0 spiro atoms. The normalized spacial score (nSPS) is 14.3. The van der Waals surface area contributed by atoms with Crippen molar-refractivity contribution < 1.29 is 23.3 Å². The highest BCUT2D eigenvalue weighted by Crippen LogP contribution is 2.28. The van der Waals surface area contributed by atoms with Gasteiger partial charge in [-0.1, -0.05) is 0 Å². The molecule has 0 aliphatic heterocycles. The summed E-state index contributed by atoms with van der Waals surface area (Å²) in [6.45, 7) is 0. The summed E-state index contributed by atoms with van der Waals surface area (Å²) in [5.41, 5.74) is 6.33. The number of carbonyl (C=O) groups is 1. The van der Waals surface area contributed by atoms with Gasteiger partial charge in [-0.05, 0) is 24.3 Å². The highest BCUT2D eigenvalue weighted by Gasteiger charge is 2.14. The highest BCUT2D eigenvalue weighted by molar-refractivity contribution is 7.50. The van der Waals surface area contributed by atoms with Crippen molar-refractivity contribution in [1.82, 2.24) is 5.48 Å². The van der Waals surface area contributed by atoms with E-state index < -0.39 is 19.5 Å². The van der Waals surface area contributed by atoms with Gasteiger partial charge < -0.3 is 4.89 Å². The van der Waals surface area contributed by atoms with E-state index in [1.54, 1.807) is 5.48 Å². The minimum Gasteiger partial charge on any atom is -0.311 e. The summed E-state index contributed by atoms with van der Waals surface area (Å²) in [6, 6.07) is 4.51. The predicted octanol–water partition coefficient (Wildman–Crippen LogP) is 0.546. The molecule has 0 bridgehead atoms. The van der Waals surface area contributed by atoms with Crippen LogP contribution in [0.5, 0.6) is 0 Å². The Kier molecular flexibility index (Phi) is 3.54. The molecule has 1 rings (SSSR count). The molecule has 1 aromatic rings. The van der Waals surface area contributed by atoms with Gasteiger partial charge in [0.15, 0.2) is 0 Å². The van der Waals surface area contributed by atoms with Gasteiger partial charge in [0.2, 0.25) is 0 Å². The first-order valence-corrected chi connectivity index (χ1v) is 5.39. The molecule has 82 valence electrons. The largest absolute Gasteiger partial charge is 0.421 e. The fourth-order valence-corrected chi connectivity index (χ4v) is 0.981. The van der Waals surface area contributed by atoms with Crippen LogP contribution in [-0.4, -0.2) is 10.8 Å². The zero-order valence-electron chi connectivity index (χ0n) is 7.38. The van der Waals surface area contributed by atoms with E-state index in [4.69, 9.17) is 4.89 Å². The summed E-state index contributed by atoms with van der Waals surface area (Å²) in [5, 5.41) is 0. The fraction of sp³-hybridized carbons (Fsp3) is 0. The molecule has 0 heterocycles. The van der Waals surface area contributed by atoms with Crippen molar-refractivity contribution in [3.63, 3.8) is 0 Å². The zero-order valence-corrected chi connectivity index (χ0v) is 8.28. The number of rotatable bonds is 3. The van der Waals surface area contributed by atoms with Gasteiger partial charge in [-0.2, -0.15) is 4.62 Å². The summed E-state index contributed by atoms with van der Waals surface area (Å²) in [7, 11) is -4.26. The first kappa shape index (κ1) is 11.8. The van der Waals surface area contributed by atoms with Gasteiger partial charge in [-0.15, -0.1) is 0 Å². The molecule has 1 unspecified atom stereocenters. The molecule has 4 N–H and O–H groups in total. The molecule has 1 amide bonds. The summed E-state index contributed by atoms with van der Waals surface area (Å²) in [5.74, 6) is -1.30. The van der Waals surface area contributed by atoms with E-state index in [1.165, 1.54) is 12.1 Å². The lowest BCUT2D eigenvalue weighted by Gasteiger charge is -2.06. The molecule has 0 fully saturated rings. The minimum absolute atomic E-state index is 0.0739. The van der Waals surface area contributed by atoms with E-state index in [2.05, 4.69) is 10.1 Å². The van der Waals surface area contributed by atoms with Crippen molar-refractivity contribution >= 4 is 13.7 Å². The summed E-state index contributed by atoms with van der Waals surface area (Å²) < 4.78 is 26.9. The van der Waals surface area contributed by atoms with Crippen molar-refractivity contribution in [3.05, 3.63) is 35.6 Å². The lowest BCUT2D eigenvalue weighted by atomic mass is 10.2. The van der Waals surface area contributed by atoms with Crippen molar-refractivity contribution in [3.8, 4) is 0 Å². The number of hydrogen-bond donors (Lipinski definition) is 3. The van der Waals surface area contributed by atoms with Crippen LogP contribution in [-0.2, 0) is 9.19 Å². The van der Waals surface area contributed by atoms with Crippen LogP contribution in [0.4, 0.5) is 4.39 Å². The van der Waals surface area contributed by atoms with E-state index in [-0.39, 0.29) is 5.56 Å². The molecule has 0 saturated heterocycles. The third-order valence-electron chi connectivity index (χ3n) is 1.38. The molecule has 8 heteroatoms. The van der Waals surface area contributed by atoms with Crippen LogP contribution < -0.4 is 11.0 Å². The third kappa shape index (κ3) is 4.18. The van der Waals surface area contributed by atoms with E-state index in [0.717, 1.165) is 12.1 Å². The number of nitrogens with two attached hydrogens (primary N) is 1. The first-order chi connectivity index (χ1) is 6.88. The maximum absolute atomic E-state index is 12.5. The van der Waals surface area contributed by atoms with E-state index >= 15 is 0 Å². The van der Waals surface area contributed by atoms with Crippen molar-refractivity contribution in [2.24, 2.45) is 5.50 Å². The smallest absolute Gasteiger partial charge is 0.311 e. The number of hydrogen-bond acceptors (Lipinski definition) is 3. The molecular weight excluding hydrogens is 226 g/mol. The number of nitrogens with one attached hydrogen (secondary N) is 1. The molecule has 0 radical (unpaired) electrons. The number of hydroxylamine groups is 1. The second-order valence-electron chi connectivity index (χ2n) is 2.59. The molecule has 0 aromatic heterocycles.